The van der Waals surface area contributed by atoms with Crippen LogP contribution in [0.2, 0.25) is 0 Å². The van der Waals surface area contributed by atoms with Crippen LogP contribution in [0.25, 0.3) is 0 Å². The predicted octanol–water partition coefficient (Wildman–Crippen LogP) is 2.22. The van der Waals surface area contributed by atoms with E-state index < -0.39 is 0 Å². The summed E-state index contributed by atoms with van der Waals surface area (Å²) >= 11 is 0. The van der Waals surface area contributed by atoms with Crippen molar-refractivity contribution in [2.24, 2.45) is 5.92 Å². The third-order valence-corrected chi connectivity index (χ3v) is 4.07. The number of anilines is 2. The molecule has 0 aromatic carbocycles. The van der Waals surface area contributed by atoms with Gasteiger partial charge in [-0.05, 0) is 38.4 Å². The Morgan fingerprint density at radius 1 is 1.20 bits per heavy atom. The summed E-state index contributed by atoms with van der Waals surface area (Å²) in [5.74, 6) is 3.48. The zero-order valence-corrected chi connectivity index (χ0v) is 12.9. The number of nitrogens with zero attached hydrogens (tertiary/aromatic N) is 3. The van der Waals surface area contributed by atoms with E-state index in [1.54, 1.807) is 0 Å². The van der Waals surface area contributed by atoms with Gasteiger partial charge in [-0.1, -0.05) is 13.8 Å². The Labute approximate surface area is 122 Å². The highest BCUT2D eigenvalue weighted by atomic mass is 15.1. The maximum Gasteiger partial charge on any atom is 0.132 e. The molecule has 1 aromatic rings. The van der Waals surface area contributed by atoms with E-state index in [0.717, 1.165) is 36.3 Å². The Balaban J connectivity index is 1.87. The molecule has 1 fully saturated rings. The minimum absolute atomic E-state index is 0.760. The summed E-state index contributed by atoms with van der Waals surface area (Å²) in [5, 5.41) is 6.58. The van der Waals surface area contributed by atoms with Crippen LogP contribution >= 0.6 is 0 Å². The summed E-state index contributed by atoms with van der Waals surface area (Å²) in [6.45, 7) is 8.98. The van der Waals surface area contributed by atoms with Crippen molar-refractivity contribution in [2.75, 3.05) is 43.9 Å². The molecule has 112 valence electrons. The number of piperidine rings is 1. The van der Waals surface area contributed by atoms with Crippen LogP contribution in [-0.2, 0) is 6.42 Å². The first-order valence-corrected chi connectivity index (χ1v) is 7.77. The molecule has 20 heavy (non-hydrogen) atoms. The molecule has 0 saturated carbocycles. The van der Waals surface area contributed by atoms with E-state index >= 15 is 0 Å². The standard InChI is InChI=1S/C15H27N5/c1-4-13-18-14(16-3)10-15(19-13)17-11-12-6-8-20(5-2)9-7-12/h10,12H,4-9,11H2,1-3H3,(H2,16,17,18,19). The van der Waals surface area contributed by atoms with Crippen LogP contribution in [0.1, 0.15) is 32.5 Å². The van der Waals surface area contributed by atoms with Crippen molar-refractivity contribution in [3.05, 3.63) is 11.9 Å². The lowest BCUT2D eigenvalue weighted by molar-refractivity contribution is 0.198. The molecule has 0 aliphatic carbocycles. The summed E-state index contributed by atoms with van der Waals surface area (Å²) in [6, 6.07) is 1.99. The Hall–Kier alpha value is -1.36. The minimum Gasteiger partial charge on any atom is -0.373 e. The van der Waals surface area contributed by atoms with Crippen molar-refractivity contribution in [1.29, 1.82) is 0 Å². The molecule has 5 nitrogen and oxygen atoms in total. The van der Waals surface area contributed by atoms with Crippen molar-refractivity contribution < 1.29 is 0 Å². The molecule has 1 aromatic heterocycles. The van der Waals surface area contributed by atoms with Crippen molar-refractivity contribution >= 4 is 11.6 Å². The van der Waals surface area contributed by atoms with E-state index in [-0.39, 0.29) is 0 Å². The lowest BCUT2D eigenvalue weighted by Crippen LogP contribution is -2.35. The van der Waals surface area contributed by atoms with Gasteiger partial charge >= 0.3 is 0 Å². The number of aryl methyl sites for hydroxylation is 1. The van der Waals surface area contributed by atoms with Gasteiger partial charge in [-0.3, -0.25) is 0 Å². The number of likely N-dealkylation sites (tertiary alicyclic amines) is 1. The summed E-state index contributed by atoms with van der Waals surface area (Å²) in [7, 11) is 1.89. The van der Waals surface area contributed by atoms with Crippen LogP contribution in [0, 0.1) is 5.92 Å². The minimum atomic E-state index is 0.760. The Bertz CT molecular complexity index is 390. The van der Waals surface area contributed by atoms with Gasteiger partial charge in [-0.15, -0.1) is 0 Å². The highest BCUT2D eigenvalue weighted by Crippen LogP contribution is 2.18. The molecule has 0 atom stereocenters. The lowest BCUT2D eigenvalue weighted by atomic mass is 9.97. The highest BCUT2D eigenvalue weighted by molar-refractivity contribution is 5.47. The molecule has 0 amide bonds. The van der Waals surface area contributed by atoms with E-state index in [0.29, 0.717) is 0 Å². The topological polar surface area (TPSA) is 53.1 Å². The molecule has 0 bridgehead atoms. The van der Waals surface area contributed by atoms with E-state index in [2.05, 4.69) is 39.3 Å². The fourth-order valence-electron chi connectivity index (χ4n) is 2.63. The number of rotatable bonds is 6. The van der Waals surface area contributed by atoms with Gasteiger partial charge in [0.1, 0.15) is 17.5 Å². The number of nitrogens with one attached hydrogen (secondary N) is 2. The summed E-state index contributed by atoms with van der Waals surface area (Å²) in [4.78, 5) is 11.5. The second-order valence-corrected chi connectivity index (χ2v) is 5.42. The Kier molecular flexibility index (Phi) is 5.59. The molecule has 2 heterocycles. The van der Waals surface area contributed by atoms with Crippen LogP contribution < -0.4 is 10.6 Å². The number of hydrogen-bond acceptors (Lipinski definition) is 5. The second-order valence-electron chi connectivity index (χ2n) is 5.42. The van der Waals surface area contributed by atoms with Crippen LogP contribution in [-0.4, -0.2) is 48.1 Å². The van der Waals surface area contributed by atoms with Crippen molar-refractivity contribution in [3.8, 4) is 0 Å². The highest BCUT2D eigenvalue weighted by Gasteiger charge is 2.17. The third kappa shape index (κ3) is 4.07. The Morgan fingerprint density at radius 2 is 1.90 bits per heavy atom. The van der Waals surface area contributed by atoms with Crippen LogP contribution in [0.15, 0.2) is 6.07 Å². The number of hydrogen-bond donors (Lipinski definition) is 2. The van der Waals surface area contributed by atoms with E-state index in [4.69, 9.17) is 0 Å². The van der Waals surface area contributed by atoms with Crippen LogP contribution in [0.5, 0.6) is 0 Å². The van der Waals surface area contributed by atoms with E-state index in [9.17, 15) is 0 Å². The molecule has 5 heteroatoms. The van der Waals surface area contributed by atoms with Gasteiger partial charge in [-0.25, -0.2) is 9.97 Å². The second kappa shape index (κ2) is 7.43. The van der Waals surface area contributed by atoms with Gasteiger partial charge in [-0.2, -0.15) is 0 Å². The third-order valence-electron chi connectivity index (χ3n) is 4.07. The van der Waals surface area contributed by atoms with Crippen molar-refractivity contribution in [2.45, 2.75) is 33.1 Å². The molecule has 1 saturated heterocycles. The van der Waals surface area contributed by atoms with E-state index in [1.807, 2.05) is 13.1 Å². The quantitative estimate of drug-likeness (QED) is 0.835. The summed E-state index contributed by atoms with van der Waals surface area (Å²) < 4.78 is 0. The summed E-state index contributed by atoms with van der Waals surface area (Å²) in [5.41, 5.74) is 0. The molecule has 0 radical (unpaired) electrons. The first kappa shape index (κ1) is 15.0. The maximum absolute atomic E-state index is 4.54. The molecule has 2 N–H and O–H groups in total. The van der Waals surface area contributed by atoms with Gasteiger partial charge in [0, 0.05) is 26.1 Å². The fourth-order valence-corrected chi connectivity index (χ4v) is 2.63. The Morgan fingerprint density at radius 3 is 2.50 bits per heavy atom. The largest absolute Gasteiger partial charge is 0.373 e. The van der Waals surface area contributed by atoms with Crippen LogP contribution in [0.4, 0.5) is 11.6 Å². The zero-order valence-electron chi connectivity index (χ0n) is 12.9. The van der Waals surface area contributed by atoms with Gasteiger partial charge < -0.3 is 15.5 Å². The van der Waals surface area contributed by atoms with Crippen molar-refractivity contribution in [1.82, 2.24) is 14.9 Å². The zero-order chi connectivity index (χ0) is 14.4. The lowest BCUT2D eigenvalue weighted by Gasteiger charge is -2.31. The predicted molar refractivity (Wildman–Crippen MR) is 84.3 cm³/mol. The first-order chi connectivity index (χ1) is 9.75. The smallest absolute Gasteiger partial charge is 0.132 e. The molecule has 0 unspecified atom stereocenters. The first-order valence-electron chi connectivity index (χ1n) is 7.77. The molecular formula is C15H27N5. The normalized spacial score (nSPS) is 17.1. The van der Waals surface area contributed by atoms with Gasteiger partial charge in [0.05, 0.1) is 0 Å². The molecule has 0 spiro atoms. The fraction of sp³-hybridized carbons (Fsp3) is 0.733. The molecule has 1 aliphatic heterocycles. The summed E-state index contributed by atoms with van der Waals surface area (Å²) in [6.07, 6.45) is 3.43. The number of aromatic nitrogens is 2. The molecule has 1 aliphatic rings. The van der Waals surface area contributed by atoms with Gasteiger partial charge in [0.15, 0.2) is 0 Å². The monoisotopic (exact) mass is 277 g/mol. The van der Waals surface area contributed by atoms with Crippen LogP contribution in [0.3, 0.4) is 0 Å². The average molecular weight is 277 g/mol. The van der Waals surface area contributed by atoms with Gasteiger partial charge in [0.2, 0.25) is 0 Å². The molecular weight excluding hydrogens is 250 g/mol. The van der Waals surface area contributed by atoms with E-state index in [1.165, 1.54) is 32.5 Å². The SMILES string of the molecule is CCc1nc(NC)cc(NCC2CCN(CC)CC2)n1. The van der Waals surface area contributed by atoms with Gasteiger partial charge in [0.25, 0.3) is 0 Å². The molecule has 2 rings (SSSR count). The average Bonchev–Trinajstić information content (AvgIpc) is 2.53. The maximum atomic E-state index is 4.54. The van der Waals surface area contributed by atoms with Crippen molar-refractivity contribution in [3.63, 3.8) is 0 Å².